The molecule has 5 nitrogen and oxygen atoms in total. The van der Waals surface area contributed by atoms with Crippen LogP contribution < -0.4 is 10.6 Å². The van der Waals surface area contributed by atoms with Gasteiger partial charge in [0.15, 0.2) is 0 Å². The first-order chi connectivity index (χ1) is 14.3. The van der Waals surface area contributed by atoms with E-state index in [9.17, 15) is 13.2 Å². The van der Waals surface area contributed by atoms with E-state index in [1.165, 1.54) is 19.3 Å². The van der Waals surface area contributed by atoms with E-state index in [2.05, 4.69) is 10.6 Å². The van der Waals surface area contributed by atoms with Gasteiger partial charge in [0.1, 0.15) is 4.90 Å². The van der Waals surface area contributed by atoms with Crippen molar-refractivity contribution in [2.75, 3.05) is 11.9 Å². The molecule has 2 aliphatic rings. The van der Waals surface area contributed by atoms with Gasteiger partial charge in [-0.05, 0) is 68.7 Å². The van der Waals surface area contributed by atoms with E-state index in [1.54, 1.807) is 43.3 Å². The van der Waals surface area contributed by atoms with Gasteiger partial charge in [0.05, 0.1) is 22.2 Å². The number of hydrogen-bond acceptors (Lipinski definition) is 4. The van der Waals surface area contributed by atoms with Crippen LogP contribution in [0.25, 0.3) is 0 Å². The number of carbonyl (C=O) groups is 1. The van der Waals surface area contributed by atoms with E-state index in [1.807, 2.05) is 6.92 Å². The lowest BCUT2D eigenvalue weighted by Crippen LogP contribution is -2.41. The van der Waals surface area contributed by atoms with Crippen LogP contribution in [-0.2, 0) is 14.6 Å². The van der Waals surface area contributed by atoms with E-state index in [-0.39, 0.29) is 33.3 Å². The third kappa shape index (κ3) is 4.08. The molecule has 0 saturated heterocycles. The third-order valence-corrected chi connectivity index (χ3v) is 8.87. The molecule has 2 N–H and O–H groups in total. The average Bonchev–Trinajstić information content (AvgIpc) is 3.32. The molecule has 3 atom stereocenters. The first-order valence-corrected chi connectivity index (χ1v) is 12.3. The Bertz CT molecular complexity index is 1070. The largest absolute Gasteiger partial charge is 0.375 e. The number of halogens is 1. The molecule has 2 aromatic carbocycles. The summed E-state index contributed by atoms with van der Waals surface area (Å²) in [7, 11) is -3.84. The quantitative estimate of drug-likeness (QED) is 0.684. The zero-order valence-electron chi connectivity index (χ0n) is 17.2. The number of amides is 1. The van der Waals surface area contributed by atoms with Gasteiger partial charge in [-0.2, -0.15) is 0 Å². The zero-order valence-corrected chi connectivity index (χ0v) is 18.8. The van der Waals surface area contributed by atoms with Gasteiger partial charge >= 0.3 is 0 Å². The highest BCUT2D eigenvalue weighted by atomic mass is 35.5. The highest BCUT2D eigenvalue weighted by Crippen LogP contribution is 2.44. The highest BCUT2D eigenvalue weighted by Gasteiger charge is 2.40. The van der Waals surface area contributed by atoms with Crippen LogP contribution in [0.1, 0.15) is 36.8 Å². The number of aryl methyl sites for hydroxylation is 2. The molecular weight excluding hydrogens is 420 g/mol. The maximum Gasteiger partial charge on any atom is 0.239 e. The fourth-order valence-electron chi connectivity index (χ4n) is 4.75. The van der Waals surface area contributed by atoms with E-state index in [0.717, 1.165) is 17.9 Å². The highest BCUT2D eigenvalue weighted by molar-refractivity contribution is 7.91. The number of fused-ring (bicyclic) bond motifs is 2. The Kier molecular flexibility index (Phi) is 5.82. The first-order valence-electron chi connectivity index (χ1n) is 10.4. The van der Waals surface area contributed by atoms with E-state index < -0.39 is 9.84 Å². The number of carbonyl (C=O) groups excluding carboxylic acids is 1. The molecule has 2 aliphatic carbocycles. The molecule has 2 fully saturated rings. The van der Waals surface area contributed by atoms with Crippen molar-refractivity contribution >= 4 is 33.0 Å². The van der Waals surface area contributed by atoms with Crippen molar-refractivity contribution in [3.8, 4) is 0 Å². The summed E-state index contributed by atoms with van der Waals surface area (Å²) in [6.07, 6.45) is 4.73. The molecule has 0 aliphatic heterocycles. The molecule has 3 unspecified atom stereocenters. The Balaban J connectivity index is 1.54. The molecule has 2 saturated carbocycles. The number of benzene rings is 2. The van der Waals surface area contributed by atoms with Gasteiger partial charge in [0.25, 0.3) is 0 Å². The molecule has 1 amide bonds. The maximum atomic E-state index is 13.3. The molecule has 4 rings (SSSR count). The summed E-state index contributed by atoms with van der Waals surface area (Å²) in [6.45, 7) is 3.67. The first kappa shape index (κ1) is 21.2. The SMILES string of the molecule is Cc1ccc(S(=O)(=O)c2c(NCC(=O)NC3CC4CCC3C4)ccc(C)c2Cl)cc1. The molecule has 0 spiro atoms. The average molecular weight is 447 g/mol. The minimum absolute atomic E-state index is 0.00367. The van der Waals surface area contributed by atoms with Crippen molar-refractivity contribution in [2.24, 2.45) is 11.8 Å². The zero-order chi connectivity index (χ0) is 21.5. The van der Waals surface area contributed by atoms with Crippen molar-refractivity contribution in [2.45, 2.75) is 55.4 Å². The predicted molar refractivity (Wildman–Crippen MR) is 119 cm³/mol. The van der Waals surface area contributed by atoms with Gasteiger partial charge in [0, 0.05) is 6.04 Å². The van der Waals surface area contributed by atoms with Crippen molar-refractivity contribution in [3.63, 3.8) is 0 Å². The second kappa shape index (κ2) is 8.23. The minimum atomic E-state index is -3.84. The second-order valence-corrected chi connectivity index (χ2v) is 10.9. The van der Waals surface area contributed by atoms with Crippen LogP contribution >= 0.6 is 11.6 Å². The Labute approximate surface area is 183 Å². The number of nitrogens with one attached hydrogen (secondary N) is 2. The van der Waals surface area contributed by atoms with E-state index in [0.29, 0.717) is 17.2 Å². The number of hydrogen-bond donors (Lipinski definition) is 2. The van der Waals surface area contributed by atoms with Crippen molar-refractivity contribution < 1.29 is 13.2 Å². The van der Waals surface area contributed by atoms with Gasteiger partial charge in [-0.3, -0.25) is 4.79 Å². The second-order valence-electron chi connectivity index (χ2n) is 8.59. The fraction of sp³-hybridized carbons (Fsp3) is 0.435. The summed E-state index contributed by atoms with van der Waals surface area (Å²) in [6, 6.07) is 10.3. The summed E-state index contributed by atoms with van der Waals surface area (Å²) < 4.78 is 26.6. The van der Waals surface area contributed by atoms with E-state index in [4.69, 9.17) is 11.6 Å². The monoisotopic (exact) mass is 446 g/mol. The number of rotatable bonds is 6. The summed E-state index contributed by atoms with van der Waals surface area (Å²) in [4.78, 5) is 12.7. The third-order valence-electron chi connectivity index (χ3n) is 6.41. The smallest absolute Gasteiger partial charge is 0.239 e. The van der Waals surface area contributed by atoms with Crippen LogP contribution in [0, 0.1) is 25.7 Å². The molecule has 0 heterocycles. The van der Waals surface area contributed by atoms with Crippen LogP contribution in [0.2, 0.25) is 5.02 Å². The maximum absolute atomic E-state index is 13.3. The van der Waals surface area contributed by atoms with Crippen LogP contribution in [-0.4, -0.2) is 26.9 Å². The van der Waals surface area contributed by atoms with Gasteiger partial charge in [-0.25, -0.2) is 8.42 Å². The van der Waals surface area contributed by atoms with Crippen LogP contribution in [0.15, 0.2) is 46.2 Å². The van der Waals surface area contributed by atoms with Crippen molar-refractivity contribution in [1.29, 1.82) is 0 Å². The summed E-state index contributed by atoms with van der Waals surface area (Å²) in [5.74, 6) is 1.21. The Hall–Kier alpha value is -2.05. The molecule has 0 aromatic heterocycles. The number of anilines is 1. The summed E-state index contributed by atoms with van der Waals surface area (Å²) in [5, 5.41) is 6.30. The molecule has 30 heavy (non-hydrogen) atoms. The van der Waals surface area contributed by atoms with Crippen LogP contribution in [0.4, 0.5) is 5.69 Å². The molecular formula is C23H27ClN2O3S. The molecule has 160 valence electrons. The number of sulfone groups is 1. The lowest BCUT2D eigenvalue weighted by molar-refractivity contribution is -0.120. The Morgan fingerprint density at radius 1 is 1.07 bits per heavy atom. The summed E-state index contributed by atoms with van der Waals surface area (Å²) >= 11 is 6.44. The van der Waals surface area contributed by atoms with Gasteiger partial charge in [-0.1, -0.05) is 41.8 Å². The van der Waals surface area contributed by atoms with Crippen molar-refractivity contribution in [3.05, 3.63) is 52.5 Å². The molecule has 7 heteroatoms. The standard InChI is InChI=1S/C23H27ClN2O3S/c1-14-3-8-18(9-4-14)30(28,29)23-19(10-5-15(2)22(23)24)25-13-21(27)26-20-12-16-6-7-17(20)11-16/h3-5,8-10,16-17,20,25H,6-7,11-13H2,1-2H3,(H,26,27). The van der Waals surface area contributed by atoms with E-state index >= 15 is 0 Å². The van der Waals surface area contributed by atoms with Gasteiger partial charge in [-0.15, -0.1) is 0 Å². The summed E-state index contributed by atoms with van der Waals surface area (Å²) in [5.41, 5.74) is 1.98. The van der Waals surface area contributed by atoms with Crippen molar-refractivity contribution in [1.82, 2.24) is 5.32 Å². The predicted octanol–water partition coefficient (Wildman–Crippen LogP) is 4.51. The minimum Gasteiger partial charge on any atom is -0.375 e. The Morgan fingerprint density at radius 2 is 1.80 bits per heavy atom. The molecule has 2 bridgehead atoms. The fourth-order valence-corrected chi connectivity index (χ4v) is 6.77. The molecule has 2 aromatic rings. The normalized spacial score (nSPS) is 22.8. The topological polar surface area (TPSA) is 75.3 Å². The van der Waals surface area contributed by atoms with Crippen LogP contribution in [0.5, 0.6) is 0 Å². The Morgan fingerprint density at radius 3 is 2.43 bits per heavy atom. The van der Waals surface area contributed by atoms with Gasteiger partial charge in [0.2, 0.25) is 15.7 Å². The lowest BCUT2D eigenvalue weighted by Gasteiger charge is -2.23. The molecule has 0 radical (unpaired) electrons. The lowest BCUT2D eigenvalue weighted by atomic mass is 9.95. The van der Waals surface area contributed by atoms with Gasteiger partial charge < -0.3 is 10.6 Å². The van der Waals surface area contributed by atoms with Crippen LogP contribution in [0.3, 0.4) is 0 Å².